The number of likely N-dealkylation sites (tertiary alicyclic amines) is 1. The van der Waals surface area contributed by atoms with E-state index in [1.807, 2.05) is 30.0 Å². The molecule has 7 heteroatoms. The highest BCUT2D eigenvalue weighted by molar-refractivity contribution is 5.95. The molecule has 35 heavy (non-hydrogen) atoms. The van der Waals surface area contributed by atoms with Crippen molar-refractivity contribution in [1.29, 1.82) is 0 Å². The van der Waals surface area contributed by atoms with Crippen LogP contribution in [0.15, 0.2) is 48.5 Å². The maximum absolute atomic E-state index is 13.0. The fourth-order valence-corrected chi connectivity index (χ4v) is 4.50. The van der Waals surface area contributed by atoms with E-state index in [2.05, 4.69) is 36.2 Å². The molecule has 1 heterocycles. The van der Waals surface area contributed by atoms with Gasteiger partial charge < -0.3 is 19.7 Å². The minimum Gasteiger partial charge on any atom is -0.490 e. The van der Waals surface area contributed by atoms with Gasteiger partial charge >= 0.3 is 0 Å². The number of hydrogen-bond acceptors (Lipinski definition) is 5. The van der Waals surface area contributed by atoms with Crippen LogP contribution in [0.2, 0.25) is 0 Å². The molecule has 2 aromatic carbocycles. The molecular formula is C28H39N3O4. The Morgan fingerprint density at radius 1 is 0.943 bits per heavy atom. The van der Waals surface area contributed by atoms with Crippen molar-refractivity contribution >= 4 is 11.8 Å². The number of nitrogens with one attached hydrogen (secondary N) is 1. The third kappa shape index (κ3) is 7.46. The minimum atomic E-state index is -0.171. The second-order valence-electron chi connectivity index (χ2n) is 8.68. The fraction of sp³-hybridized carbons (Fsp3) is 0.500. The number of piperidine rings is 1. The van der Waals surface area contributed by atoms with E-state index in [1.54, 1.807) is 18.2 Å². The maximum atomic E-state index is 13.0. The van der Waals surface area contributed by atoms with Crippen LogP contribution in [-0.2, 0) is 4.79 Å². The molecule has 1 aliphatic rings. The minimum absolute atomic E-state index is 0.0164. The van der Waals surface area contributed by atoms with Gasteiger partial charge in [0.1, 0.15) is 0 Å². The van der Waals surface area contributed by atoms with Crippen LogP contribution in [0.3, 0.4) is 0 Å². The van der Waals surface area contributed by atoms with Gasteiger partial charge in [-0.3, -0.25) is 14.5 Å². The Balaban J connectivity index is 1.66. The van der Waals surface area contributed by atoms with Gasteiger partial charge in [0.2, 0.25) is 0 Å². The van der Waals surface area contributed by atoms with E-state index in [-0.39, 0.29) is 24.5 Å². The van der Waals surface area contributed by atoms with Crippen molar-refractivity contribution in [3.8, 4) is 11.5 Å². The lowest BCUT2D eigenvalue weighted by Gasteiger charge is -2.30. The SMILES string of the molecule is CCOc1cc(C(=O)NCC(c2ccccc2)N(CC)CC)ccc1OCC(=O)N1CCCCC1. The second kappa shape index (κ2) is 13.7. The molecule has 190 valence electrons. The average molecular weight is 482 g/mol. The summed E-state index contributed by atoms with van der Waals surface area (Å²) < 4.78 is 11.5. The zero-order valence-corrected chi connectivity index (χ0v) is 21.3. The van der Waals surface area contributed by atoms with Crippen LogP contribution in [0, 0.1) is 0 Å². The average Bonchev–Trinajstić information content (AvgIpc) is 2.91. The number of benzene rings is 2. The summed E-state index contributed by atoms with van der Waals surface area (Å²) in [5.74, 6) is 0.751. The van der Waals surface area contributed by atoms with E-state index in [0.717, 1.165) is 39.0 Å². The summed E-state index contributed by atoms with van der Waals surface area (Å²) in [7, 11) is 0. The van der Waals surface area contributed by atoms with E-state index in [4.69, 9.17) is 9.47 Å². The molecule has 0 aromatic heterocycles. The molecule has 1 aliphatic heterocycles. The monoisotopic (exact) mass is 481 g/mol. The molecular weight excluding hydrogens is 442 g/mol. The van der Waals surface area contributed by atoms with Crippen LogP contribution in [-0.4, -0.2) is 67.6 Å². The zero-order chi connectivity index (χ0) is 25.0. The lowest BCUT2D eigenvalue weighted by atomic mass is 10.0. The highest BCUT2D eigenvalue weighted by Gasteiger charge is 2.21. The van der Waals surface area contributed by atoms with Gasteiger partial charge in [-0.25, -0.2) is 0 Å². The Morgan fingerprint density at radius 3 is 2.31 bits per heavy atom. The van der Waals surface area contributed by atoms with Crippen molar-refractivity contribution in [1.82, 2.24) is 15.1 Å². The van der Waals surface area contributed by atoms with Crippen LogP contribution in [0.5, 0.6) is 11.5 Å². The number of amides is 2. The molecule has 0 saturated carbocycles. The molecule has 1 fully saturated rings. The van der Waals surface area contributed by atoms with Gasteiger partial charge in [-0.2, -0.15) is 0 Å². The topological polar surface area (TPSA) is 71.1 Å². The summed E-state index contributed by atoms with van der Waals surface area (Å²) in [5, 5.41) is 3.09. The van der Waals surface area contributed by atoms with Crippen molar-refractivity contribution in [2.45, 2.75) is 46.1 Å². The molecule has 2 amide bonds. The Hall–Kier alpha value is -3.06. The third-order valence-corrected chi connectivity index (χ3v) is 6.46. The van der Waals surface area contributed by atoms with E-state index in [0.29, 0.717) is 30.2 Å². The number of carbonyl (C=O) groups excluding carboxylic acids is 2. The Labute approximate surface area is 209 Å². The first-order valence-corrected chi connectivity index (χ1v) is 12.8. The van der Waals surface area contributed by atoms with Crippen LogP contribution in [0.4, 0.5) is 0 Å². The van der Waals surface area contributed by atoms with Crippen molar-refractivity contribution in [3.63, 3.8) is 0 Å². The summed E-state index contributed by atoms with van der Waals surface area (Å²) >= 11 is 0. The molecule has 2 aromatic rings. The first-order valence-electron chi connectivity index (χ1n) is 12.8. The molecule has 1 unspecified atom stereocenters. The lowest BCUT2D eigenvalue weighted by molar-refractivity contribution is -0.134. The predicted octanol–water partition coefficient (Wildman–Crippen LogP) is 4.29. The molecule has 1 saturated heterocycles. The third-order valence-electron chi connectivity index (χ3n) is 6.46. The number of carbonyl (C=O) groups is 2. The van der Waals surface area contributed by atoms with E-state index in [9.17, 15) is 9.59 Å². The molecule has 0 aliphatic carbocycles. The van der Waals surface area contributed by atoms with Gasteiger partial charge in [-0.15, -0.1) is 0 Å². The van der Waals surface area contributed by atoms with E-state index >= 15 is 0 Å². The van der Waals surface area contributed by atoms with Crippen LogP contribution >= 0.6 is 0 Å². The second-order valence-corrected chi connectivity index (χ2v) is 8.68. The van der Waals surface area contributed by atoms with Gasteiger partial charge in [0, 0.05) is 25.2 Å². The fourth-order valence-electron chi connectivity index (χ4n) is 4.50. The molecule has 0 radical (unpaired) electrons. The smallest absolute Gasteiger partial charge is 0.260 e. The number of rotatable bonds is 12. The normalized spacial score (nSPS) is 14.5. The van der Waals surface area contributed by atoms with Crippen LogP contribution in [0.25, 0.3) is 0 Å². The molecule has 1 atom stereocenters. The maximum Gasteiger partial charge on any atom is 0.260 e. The highest BCUT2D eigenvalue weighted by atomic mass is 16.5. The quantitative estimate of drug-likeness (QED) is 0.490. The number of ether oxygens (including phenoxy) is 2. The van der Waals surface area contributed by atoms with Crippen molar-refractivity contribution in [2.75, 3.05) is 45.9 Å². The van der Waals surface area contributed by atoms with Gasteiger partial charge in [0.05, 0.1) is 12.6 Å². The van der Waals surface area contributed by atoms with E-state index < -0.39 is 0 Å². The number of nitrogens with zero attached hydrogens (tertiary/aromatic N) is 2. The number of likely N-dealkylation sites (N-methyl/N-ethyl adjacent to an activating group) is 1. The summed E-state index contributed by atoms with van der Waals surface area (Å²) in [6, 6.07) is 15.4. The Kier molecular flexibility index (Phi) is 10.4. The van der Waals surface area contributed by atoms with Gasteiger partial charge in [-0.05, 0) is 63.0 Å². The molecule has 0 spiro atoms. The van der Waals surface area contributed by atoms with Gasteiger partial charge in [0.25, 0.3) is 11.8 Å². The van der Waals surface area contributed by atoms with Gasteiger partial charge in [0.15, 0.2) is 18.1 Å². The summed E-state index contributed by atoms with van der Waals surface area (Å²) in [4.78, 5) is 29.7. The Morgan fingerprint density at radius 2 is 1.66 bits per heavy atom. The predicted molar refractivity (Wildman–Crippen MR) is 138 cm³/mol. The summed E-state index contributed by atoms with van der Waals surface area (Å²) in [6.45, 7) is 10.4. The first-order chi connectivity index (χ1) is 17.1. The van der Waals surface area contributed by atoms with E-state index in [1.165, 1.54) is 12.0 Å². The largest absolute Gasteiger partial charge is 0.490 e. The summed E-state index contributed by atoms with van der Waals surface area (Å²) in [6.07, 6.45) is 3.25. The highest BCUT2D eigenvalue weighted by Crippen LogP contribution is 2.29. The number of hydrogen-bond donors (Lipinski definition) is 1. The molecule has 0 bridgehead atoms. The van der Waals surface area contributed by atoms with Crippen molar-refractivity contribution in [3.05, 3.63) is 59.7 Å². The summed E-state index contributed by atoms with van der Waals surface area (Å²) in [5.41, 5.74) is 1.67. The van der Waals surface area contributed by atoms with Crippen molar-refractivity contribution in [2.24, 2.45) is 0 Å². The molecule has 3 rings (SSSR count). The van der Waals surface area contributed by atoms with Gasteiger partial charge in [-0.1, -0.05) is 44.2 Å². The first kappa shape index (κ1) is 26.5. The van der Waals surface area contributed by atoms with Crippen molar-refractivity contribution < 1.29 is 19.1 Å². The Bertz CT molecular complexity index is 940. The molecule has 1 N–H and O–H groups in total. The standard InChI is InChI=1S/C28H39N3O4/c1-4-30(5-2)24(22-13-9-7-10-14-22)20-29-28(33)23-15-16-25(26(19-23)34-6-3)35-21-27(32)31-17-11-8-12-18-31/h7,9-10,13-16,19,24H,4-6,8,11-12,17-18,20-21H2,1-3H3,(H,29,33). The lowest BCUT2D eigenvalue weighted by Crippen LogP contribution is -2.38. The molecule has 7 nitrogen and oxygen atoms in total. The van der Waals surface area contributed by atoms with Crippen LogP contribution in [0.1, 0.15) is 62.0 Å². The zero-order valence-electron chi connectivity index (χ0n) is 21.3. The van der Waals surface area contributed by atoms with Crippen LogP contribution < -0.4 is 14.8 Å².